The number of hydrogen-bond donors (Lipinski definition) is 1. The zero-order valence-electron chi connectivity index (χ0n) is 14.7. The summed E-state index contributed by atoms with van der Waals surface area (Å²) in [5.41, 5.74) is 5.42. The number of aliphatic hydroxyl groups excluding tert-OH is 1. The predicted molar refractivity (Wildman–Crippen MR) is 94.9 cm³/mol. The smallest absolute Gasteiger partial charge is 0.0822 e. The van der Waals surface area contributed by atoms with Crippen LogP contribution in [0.25, 0.3) is 0 Å². The molecule has 0 aromatic rings. The van der Waals surface area contributed by atoms with E-state index < -0.39 is 0 Å². The fraction of sp³-hybridized carbons (Fsp3) is 0.600. The molecule has 1 atom stereocenters. The number of hydrogen-bond acceptors (Lipinski definition) is 2. The molecule has 0 aliphatic carbocycles. The molecule has 1 heterocycles. The van der Waals surface area contributed by atoms with E-state index in [1.165, 1.54) is 16.7 Å². The van der Waals surface area contributed by atoms with Gasteiger partial charge < -0.3 is 9.84 Å². The van der Waals surface area contributed by atoms with Crippen LogP contribution in [0.5, 0.6) is 0 Å². The van der Waals surface area contributed by atoms with Crippen LogP contribution >= 0.6 is 0 Å². The lowest BCUT2D eigenvalue weighted by atomic mass is 10.00. The van der Waals surface area contributed by atoms with Crippen molar-refractivity contribution in [2.75, 3.05) is 13.2 Å². The van der Waals surface area contributed by atoms with Gasteiger partial charge >= 0.3 is 0 Å². The first-order valence-electron chi connectivity index (χ1n) is 8.39. The maximum absolute atomic E-state index is 8.92. The fourth-order valence-electron chi connectivity index (χ4n) is 2.57. The largest absolute Gasteiger partial charge is 0.392 e. The van der Waals surface area contributed by atoms with E-state index in [4.69, 9.17) is 9.84 Å². The Morgan fingerprint density at radius 3 is 2.55 bits per heavy atom. The molecule has 0 radical (unpaired) electrons. The zero-order valence-corrected chi connectivity index (χ0v) is 14.7. The Hall–Kier alpha value is -1.12. The Bertz CT molecular complexity index is 448. The van der Waals surface area contributed by atoms with E-state index in [9.17, 15) is 0 Å². The summed E-state index contributed by atoms with van der Waals surface area (Å²) >= 11 is 0. The Labute approximate surface area is 136 Å². The van der Waals surface area contributed by atoms with Crippen LogP contribution in [0.4, 0.5) is 0 Å². The molecule has 0 bridgehead atoms. The molecule has 0 spiro atoms. The summed E-state index contributed by atoms with van der Waals surface area (Å²) < 4.78 is 5.88. The van der Waals surface area contributed by atoms with Gasteiger partial charge in [-0.2, -0.15) is 0 Å². The molecule has 1 aliphatic heterocycles. The zero-order chi connectivity index (χ0) is 16.4. The minimum Gasteiger partial charge on any atom is -0.392 e. The summed E-state index contributed by atoms with van der Waals surface area (Å²) in [6, 6.07) is 0. The third-order valence-electron chi connectivity index (χ3n) is 4.06. The first kappa shape index (κ1) is 18.9. The topological polar surface area (TPSA) is 29.5 Å². The van der Waals surface area contributed by atoms with Gasteiger partial charge in [0.05, 0.1) is 19.3 Å². The summed E-state index contributed by atoms with van der Waals surface area (Å²) in [6.07, 6.45) is 14.4. The standard InChI is InChI=1S/C20H32O2/c1-16(2)7-5-8-17(3)9-6-10-19-11-12-20(22-15-19)18(4)13-14-21/h7,9,11,13,20-21H,5-6,8,10,12,14-15H2,1-4H3/b17-9+,18-13+. The molecule has 0 amide bonds. The molecule has 2 heteroatoms. The summed E-state index contributed by atoms with van der Waals surface area (Å²) in [4.78, 5) is 0. The van der Waals surface area contributed by atoms with E-state index in [0.29, 0.717) is 0 Å². The van der Waals surface area contributed by atoms with Gasteiger partial charge in [-0.3, -0.25) is 0 Å². The van der Waals surface area contributed by atoms with Crippen molar-refractivity contribution in [3.05, 3.63) is 46.6 Å². The molecule has 22 heavy (non-hydrogen) atoms. The second-order valence-electron chi connectivity index (χ2n) is 6.44. The summed E-state index contributed by atoms with van der Waals surface area (Å²) in [5, 5.41) is 8.92. The van der Waals surface area contributed by atoms with Crippen LogP contribution in [0.3, 0.4) is 0 Å². The number of rotatable bonds is 8. The molecule has 0 fully saturated rings. The van der Waals surface area contributed by atoms with E-state index >= 15 is 0 Å². The highest BCUT2D eigenvalue weighted by Gasteiger charge is 2.15. The van der Waals surface area contributed by atoms with Crippen LogP contribution in [0.15, 0.2) is 46.6 Å². The van der Waals surface area contributed by atoms with Gasteiger partial charge in [-0.15, -0.1) is 0 Å². The van der Waals surface area contributed by atoms with E-state index in [1.807, 2.05) is 13.0 Å². The van der Waals surface area contributed by atoms with Gasteiger partial charge in [-0.25, -0.2) is 0 Å². The monoisotopic (exact) mass is 304 g/mol. The van der Waals surface area contributed by atoms with Crippen molar-refractivity contribution >= 4 is 0 Å². The molecule has 0 aromatic heterocycles. The van der Waals surface area contributed by atoms with Crippen molar-refractivity contribution in [2.45, 2.75) is 65.9 Å². The lowest BCUT2D eigenvalue weighted by Gasteiger charge is -2.23. The summed E-state index contributed by atoms with van der Waals surface area (Å²) in [6.45, 7) is 9.38. The SMILES string of the molecule is CC(C)=CCC/C(C)=C/CCC1=CCC(/C(C)=C/CO)OC1. The molecule has 0 aromatic carbocycles. The van der Waals surface area contributed by atoms with Crippen LogP contribution in [0.2, 0.25) is 0 Å². The van der Waals surface area contributed by atoms with Gasteiger partial charge in [0.25, 0.3) is 0 Å². The lowest BCUT2D eigenvalue weighted by molar-refractivity contribution is 0.0852. The van der Waals surface area contributed by atoms with Gasteiger partial charge in [0.2, 0.25) is 0 Å². The molecule has 1 aliphatic rings. The predicted octanol–water partition coefficient (Wildman–Crippen LogP) is 5.11. The Morgan fingerprint density at radius 2 is 1.95 bits per heavy atom. The number of ether oxygens (including phenoxy) is 1. The average Bonchev–Trinajstić information content (AvgIpc) is 2.48. The lowest BCUT2D eigenvalue weighted by Crippen LogP contribution is -2.20. The van der Waals surface area contributed by atoms with Crippen molar-refractivity contribution in [1.29, 1.82) is 0 Å². The third kappa shape index (κ3) is 7.77. The van der Waals surface area contributed by atoms with Crippen molar-refractivity contribution in [3.8, 4) is 0 Å². The first-order chi connectivity index (χ1) is 10.5. The van der Waals surface area contributed by atoms with E-state index in [-0.39, 0.29) is 12.7 Å². The van der Waals surface area contributed by atoms with Crippen LogP contribution in [0, 0.1) is 0 Å². The Morgan fingerprint density at radius 1 is 1.18 bits per heavy atom. The number of aliphatic hydroxyl groups is 1. The maximum atomic E-state index is 8.92. The van der Waals surface area contributed by atoms with Gasteiger partial charge in [0, 0.05) is 0 Å². The second-order valence-corrected chi connectivity index (χ2v) is 6.44. The van der Waals surface area contributed by atoms with Gasteiger partial charge in [-0.1, -0.05) is 35.5 Å². The van der Waals surface area contributed by atoms with Crippen molar-refractivity contribution < 1.29 is 9.84 Å². The first-order valence-corrected chi connectivity index (χ1v) is 8.39. The molecule has 0 saturated heterocycles. The van der Waals surface area contributed by atoms with E-state index in [1.54, 1.807) is 0 Å². The van der Waals surface area contributed by atoms with E-state index in [0.717, 1.165) is 44.3 Å². The van der Waals surface area contributed by atoms with Crippen molar-refractivity contribution in [2.24, 2.45) is 0 Å². The molecular formula is C20H32O2. The highest BCUT2D eigenvalue weighted by molar-refractivity contribution is 5.15. The highest BCUT2D eigenvalue weighted by Crippen LogP contribution is 2.21. The molecular weight excluding hydrogens is 272 g/mol. The van der Waals surface area contributed by atoms with Crippen molar-refractivity contribution in [1.82, 2.24) is 0 Å². The fourth-order valence-corrected chi connectivity index (χ4v) is 2.57. The van der Waals surface area contributed by atoms with Crippen LogP contribution in [-0.2, 0) is 4.74 Å². The second kappa shape index (κ2) is 10.6. The highest BCUT2D eigenvalue weighted by atomic mass is 16.5. The number of allylic oxidation sites excluding steroid dienone is 4. The van der Waals surface area contributed by atoms with Gasteiger partial charge in [0.15, 0.2) is 0 Å². The van der Waals surface area contributed by atoms with Crippen molar-refractivity contribution in [3.63, 3.8) is 0 Å². The normalized spacial score (nSPS) is 19.9. The minimum absolute atomic E-state index is 0.0963. The van der Waals surface area contributed by atoms with Crippen LogP contribution in [-0.4, -0.2) is 24.4 Å². The molecule has 1 N–H and O–H groups in total. The molecule has 124 valence electrons. The summed E-state index contributed by atoms with van der Waals surface area (Å²) in [7, 11) is 0. The summed E-state index contributed by atoms with van der Waals surface area (Å²) in [5.74, 6) is 0. The Balaban J connectivity index is 2.31. The quantitative estimate of drug-likeness (QED) is 0.631. The third-order valence-corrected chi connectivity index (χ3v) is 4.06. The molecule has 1 unspecified atom stereocenters. The minimum atomic E-state index is 0.0963. The molecule has 0 saturated carbocycles. The van der Waals surface area contributed by atoms with Gasteiger partial charge in [0.1, 0.15) is 0 Å². The van der Waals surface area contributed by atoms with Crippen LogP contribution in [0.1, 0.15) is 59.8 Å². The van der Waals surface area contributed by atoms with Crippen LogP contribution < -0.4 is 0 Å². The van der Waals surface area contributed by atoms with E-state index in [2.05, 4.69) is 39.0 Å². The average molecular weight is 304 g/mol. The molecule has 1 rings (SSSR count). The van der Waals surface area contributed by atoms with Gasteiger partial charge in [-0.05, 0) is 70.9 Å². The molecule has 2 nitrogen and oxygen atoms in total. The Kier molecular flexibility index (Phi) is 9.10. The maximum Gasteiger partial charge on any atom is 0.0822 e.